The van der Waals surface area contributed by atoms with Crippen LogP contribution >= 0.6 is 0 Å². The molecule has 7 heteroatoms. The molecule has 0 aliphatic carbocycles. The van der Waals surface area contributed by atoms with Crippen molar-refractivity contribution < 1.29 is 9.59 Å². The summed E-state index contributed by atoms with van der Waals surface area (Å²) in [6.45, 7) is 3.73. The molecule has 3 N–H and O–H groups in total. The summed E-state index contributed by atoms with van der Waals surface area (Å²) in [6, 6.07) is 9.66. The smallest absolute Gasteiger partial charge is 0.319 e. The first kappa shape index (κ1) is 16.5. The molecule has 7 nitrogen and oxygen atoms in total. The van der Waals surface area contributed by atoms with Gasteiger partial charge in [-0.2, -0.15) is 5.10 Å². The molecular weight excluding hydrogens is 294 g/mol. The number of para-hydroxylation sites is 1. The molecule has 0 fully saturated rings. The van der Waals surface area contributed by atoms with Crippen molar-refractivity contribution in [1.82, 2.24) is 15.1 Å². The van der Waals surface area contributed by atoms with Crippen molar-refractivity contribution in [3.63, 3.8) is 0 Å². The lowest BCUT2D eigenvalue weighted by atomic mass is 10.0. The molecule has 0 radical (unpaired) electrons. The fourth-order valence-electron chi connectivity index (χ4n) is 2.05. The minimum absolute atomic E-state index is 0.0692. The monoisotopic (exact) mass is 315 g/mol. The summed E-state index contributed by atoms with van der Waals surface area (Å²) in [7, 11) is 1.77. The van der Waals surface area contributed by atoms with E-state index in [0.717, 1.165) is 0 Å². The largest absolute Gasteiger partial charge is 0.326 e. The van der Waals surface area contributed by atoms with Crippen LogP contribution in [-0.4, -0.2) is 27.8 Å². The molecule has 1 aromatic heterocycles. The molecule has 1 heterocycles. The summed E-state index contributed by atoms with van der Waals surface area (Å²) in [6.07, 6.45) is 1.73. The molecule has 1 aromatic carbocycles. The normalized spacial score (nSPS) is 11.8. The average molecular weight is 315 g/mol. The number of aromatic nitrogens is 2. The maximum atomic E-state index is 12.3. The SMILES string of the molecule is CC(C)[C@@H](NC(=O)Nc1ccccc1)C(=O)Nc1ccn(C)n1. The quantitative estimate of drug-likeness (QED) is 0.790. The molecule has 3 amide bonds. The third kappa shape index (κ3) is 4.84. The van der Waals surface area contributed by atoms with Gasteiger partial charge in [-0.3, -0.25) is 9.48 Å². The number of carbonyl (C=O) groups is 2. The van der Waals surface area contributed by atoms with E-state index in [1.54, 1.807) is 36.1 Å². The highest BCUT2D eigenvalue weighted by Gasteiger charge is 2.24. The summed E-state index contributed by atoms with van der Waals surface area (Å²) >= 11 is 0. The zero-order chi connectivity index (χ0) is 16.8. The predicted octanol–water partition coefficient (Wildman–Crippen LogP) is 2.20. The molecule has 0 bridgehead atoms. The molecular formula is C16H21N5O2. The van der Waals surface area contributed by atoms with Crippen LogP contribution in [-0.2, 0) is 11.8 Å². The topological polar surface area (TPSA) is 88.0 Å². The Morgan fingerprint density at radius 1 is 1.09 bits per heavy atom. The summed E-state index contributed by atoms with van der Waals surface area (Å²) in [5.74, 6) is 0.0792. The molecule has 2 rings (SSSR count). The Morgan fingerprint density at radius 3 is 2.35 bits per heavy atom. The second kappa shape index (κ2) is 7.44. The van der Waals surface area contributed by atoms with Crippen LogP contribution in [0.4, 0.5) is 16.3 Å². The van der Waals surface area contributed by atoms with Crippen LogP contribution in [0.25, 0.3) is 0 Å². The summed E-state index contributed by atoms with van der Waals surface area (Å²) in [5.41, 5.74) is 0.664. The van der Waals surface area contributed by atoms with E-state index in [0.29, 0.717) is 11.5 Å². The molecule has 0 saturated heterocycles. The number of hydrogen-bond donors (Lipinski definition) is 3. The predicted molar refractivity (Wildman–Crippen MR) is 89.1 cm³/mol. The van der Waals surface area contributed by atoms with Crippen LogP contribution < -0.4 is 16.0 Å². The van der Waals surface area contributed by atoms with E-state index < -0.39 is 12.1 Å². The van der Waals surface area contributed by atoms with Crippen molar-refractivity contribution >= 4 is 23.4 Å². The van der Waals surface area contributed by atoms with E-state index in [-0.39, 0.29) is 11.8 Å². The number of carbonyl (C=O) groups excluding carboxylic acids is 2. The van der Waals surface area contributed by atoms with E-state index in [4.69, 9.17) is 0 Å². The lowest BCUT2D eigenvalue weighted by molar-refractivity contribution is -0.118. The van der Waals surface area contributed by atoms with Gasteiger partial charge in [0.1, 0.15) is 6.04 Å². The number of rotatable bonds is 5. The van der Waals surface area contributed by atoms with E-state index in [1.807, 2.05) is 32.0 Å². The minimum atomic E-state index is -0.666. The van der Waals surface area contributed by atoms with E-state index in [9.17, 15) is 9.59 Å². The molecule has 0 aliphatic rings. The molecule has 0 unspecified atom stereocenters. The van der Waals surface area contributed by atoms with Crippen molar-refractivity contribution in [1.29, 1.82) is 0 Å². The van der Waals surface area contributed by atoms with Gasteiger partial charge in [-0.1, -0.05) is 32.0 Å². The first-order valence-corrected chi connectivity index (χ1v) is 7.39. The second-order valence-corrected chi connectivity index (χ2v) is 5.55. The second-order valence-electron chi connectivity index (χ2n) is 5.55. The summed E-state index contributed by atoms with van der Waals surface area (Å²) < 4.78 is 1.59. The van der Waals surface area contributed by atoms with Gasteiger partial charge in [0.2, 0.25) is 5.91 Å². The summed E-state index contributed by atoms with van der Waals surface area (Å²) in [4.78, 5) is 24.4. The van der Waals surface area contributed by atoms with Crippen LogP contribution in [0.3, 0.4) is 0 Å². The number of nitrogens with one attached hydrogen (secondary N) is 3. The van der Waals surface area contributed by atoms with Crippen molar-refractivity contribution in [3.8, 4) is 0 Å². The Morgan fingerprint density at radius 2 is 1.78 bits per heavy atom. The van der Waals surface area contributed by atoms with Gasteiger partial charge >= 0.3 is 6.03 Å². The Hall–Kier alpha value is -2.83. The Labute approximate surface area is 135 Å². The first-order chi connectivity index (χ1) is 11.0. The van der Waals surface area contributed by atoms with Gasteiger partial charge in [0.25, 0.3) is 0 Å². The van der Waals surface area contributed by atoms with Gasteiger partial charge in [0.05, 0.1) is 0 Å². The number of urea groups is 1. The molecule has 2 aromatic rings. The highest BCUT2D eigenvalue weighted by atomic mass is 16.2. The average Bonchev–Trinajstić information content (AvgIpc) is 2.90. The van der Waals surface area contributed by atoms with E-state index >= 15 is 0 Å². The van der Waals surface area contributed by atoms with E-state index in [2.05, 4.69) is 21.0 Å². The number of aryl methyl sites for hydroxylation is 1. The minimum Gasteiger partial charge on any atom is -0.326 e. The summed E-state index contributed by atoms with van der Waals surface area (Å²) in [5, 5.41) is 12.2. The first-order valence-electron chi connectivity index (χ1n) is 7.39. The van der Waals surface area contributed by atoms with Gasteiger partial charge in [-0.25, -0.2) is 4.79 Å². The molecule has 0 aliphatic heterocycles. The lowest BCUT2D eigenvalue weighted by Crippen LogP contribution is -2.48. The maximum Gasteiger partial charge on any atom is 0.319 e. The van der Waals surface area contributed by atoms with Crippen molar-refractivity contribution in [2.45, 2.75) is 19.9 Å². The van der Waals surface area contributed by atoms with Crippen LogP contribution in [0.15, 0.2) is 42.6 Å². The highest BCUT2D eigenvalue weighted by molar-refractivity contribution is 5.98. The van der Waals surface area contributed by atoms with Crippen LogP contribution in [0, 0.1) is 5.92 Å². The van der Waals surface area contributed by atoms with Crippen molar-refractivity contribution in [2.75, 3.05) is 10.6 Å². The Balaban J connectivity index is 1.97. The Bertz CT molecular complexity index is 666. The number of anilines is 2. The number of benzene rings is 1. The highest BCUT2D eigenvalue weighted by Crippen LogP contribution is 2.09. The number of hydrogen-bond acceptors (Lipinski definition) is 3. The molecule has 0 spiro atoms. The Kier molecular flexibility index (Phi) is 5.35. The van der Waals surface area contributed by atoms with E-state index in [1.165, 1.54) is 0 Å². The fourth-order valence-corrected chi connectivity index (χ4v) is 2.05. The standard InChI is InChI=1S/C16H21N5O2/c1-11(2)14(15(22)18-13-9-10-21(3)20-13)19-16(23)17-12-7-5-4-6-8-12/h4-11,14H,1-3H3,(H2,17,19,23)(H,18,20,22)/t14-/m1/s1. The third-order valence-electron chi connectivity index (χ3n) is 3.23. The molecule has 0 saturated carbocycles. The molecule has 23 heavy (non-hydrogen) atoms. The van der Waals surface area contributed by atoms with Gasteiger partial charge < -0.3 is 16.0 Å². The maximum absolute atomic E-state index is 12.3. The van der Waals surface area contributed by atoms with Gasteiger partial charge in [0.15, 0.2) is 5.82 Å². The number of nitrogens with zero attached hydrogens (tertiary/aromatic N) is 2. The van der Waals surface area contributed by atoms with Gasteiger partial charge in [-0.05, 0) is 18.1 Å². The lowest BCUT2D eigenvalue weighted by Gasteiger charge is -2.21. The fraction of sp³-hybridized carbons (Fsp3) is 0.312. The van der Waals surface area contributed by atoms with Gasteiger partial charge in [0, 0.05) is 25.0 Å². The molecule has 1 atom stereocenters. The third-order valence-corrected chi connectivity index (χ3v) is 3.23. The van der Waals surface area contributed by atoms with Crippen molar-refractivity contribution in [3.05, 3.63) is 42.6 Å². The van der Waals surface area contributed by atoms with Crippen molar-refractivity contribution in [2.24, 2.45) is 13.0 Å². The molecule has 122 valence electrons. The van der Waals surface area contributed by atoms with Crippen LogP contribution in [0.5, 0.6) is 0 Å². The zero-order valence-electron chi connectivity index (χ0n) is 13.4. The number of amides is 3. The van der Waals surface area contributed by atoms with Gasteiger partial charge in [-0.15, -0.1) is 0 Å². The van der Waals surface area contributed by atoms with Crippen LogP contribution in [0.1, 0.15) is 13.8 Å². The zero-order valence-corrected chi connectivity index (χ0v) is 13.4. The van der Waals surface area contributed by atoms with Crippen LogP contribution in [0.2, 0.25) is 0 Å².